The van der Waals surface area contributed by atoms with Crippen molar-refractivity contribution < 1.29 is 4.79 Å². The van der Waals surface area contributed by atoms with E-state index in [1.165, 1.54) is 0 Å². The number of nitrogens with zero attached hydrogens (tertiary/aromatic N) is 2. The number of benzene rings is 2. The first-order valence-electron chi connectivity index (χ1n) is 7.62. The molecule has 3 rings (SSSR count). The first-order chi connectivity index (χ1) is 11.2. The van der Waals surface area contributed by atoms with Crippen molar-refractivity contribution in [3.8, 4) is 0 Å². The Kier molecular flexibility index (Phi) is 4.52. The van der Waals surface area contributed by atoms with Gasteiger partial charge in [-0.1, -0.05) is 42.5 Å². The number of rotatable bonds is 5. The number of aromatic nitrogens is 2. The number of amides is 1. The topological polar surface area (TPSA) is 46.9 Å². The van der Waals surface area contributed by atoms with Crippen LogP contribution in [0, 0.1) is 6.92 Å². The van der Waals surface area contributed by atoms with Crippen LogP contribution in [0.15, 0.2) is 67.0 Å². The van der Waals surface area contributed by atoms with E-state index in [2.05, 4.69) is 16.5 Å². The van der Waals surface area contributed by atoms with Gasteiger partial charge in [-0.25, -0.2) is 0 Å². The molecule has 1 amide bonds. The monoisotopic (exact) mass is 305 g/mol. The fraction of sp³-hybridized carbons (Fsp3) is 0.158. The van der Waals surface area contributed by atoms with Gasteiger partial charge in [0.1, 0.15) is 0 Å². The summed E-state index contributed by atoms with van der Waals surface area (Å²) in [6, 6.07) is 17.6. The number of aryl methyl sites for hydroxylation is 1. The Labute approximate surface area is 135 Å². The van der Waals surface area contributed by atoms with Gasteiger partial charge in [0.2, 0.25) is 0 Å². The average Bonchev–Trinajstić information content (AvgIpc) is 3.07. The quantitative estimate of drug-likeness (QED) is 0.787. The van der Waals surface area contributed by atoms with E-state index in [1.807, 2.05) is 66.3 Å². The summed E-state index contributed by atoms with van der Waals surface area (Å²) in [6.07, 6.45) is 3.70. The van der Waals surface area contributed by atoms with Crippen molar-refractivity contribution in [2.45, 2.75) is 20.0 Å². The van der Waals surface area contributed by atoms with Crippen LogP contribution in [0.25, 0.3) is 0 Å². The number of carbonyl (C=O) groups is 1. The molecule has 1 aromatic heterocycles. The van der Waals surface area contributed by atoms with Crippen LogP contribution in [0.2, 0.25) is 0 Å². The molecule has 3 aromatic rings. The van der Waals surface area contributed by atoms with E-state index in [4.69, 9.17) is 0 Å². The number of carbonyl (C=O) groups excluding carboxylic acids is 1. The predicted octanol–water partition coefficient (Wildman–Crippen LogP) is 3.17. The van der Waals surface area contributed by atoms with Crippen LogP contribution < -0.4 is 5.32 Å². The highest BCUT2D eigenvalue weighted by Crippen LogP contribution is 2.12. The highest BCUT2D eigenvalue weighted by molar-refractivity contribution is 5.95. The summed E-state index contributed by atoms with van der Waals surface area (Å²) in [6.45, 7) is 3.15. The molecule has 0 saturated carbocycles. The highest BCUT2D eigenvalue weighted by Gasteiger charge is 2.09. The zero-order valence-electron chi connectivity index (χ0n) is 13.1. The highest BCUT2D eigenvalue weighted by atomic mass is 16.1. The molecule has 2 aromatic carbocycles. The minimum Gasteiger partial charge on any atom is -0.348 e. The first kappa shape index (κ1) is 15.0. The maximum absolute atomic E-state index is 12.3. The summed E-state index contributed by atoms with van der Waals surface area (Å²) in [5.74, 6) is -0.0445. The van der Waals surface area contributed by atoms with E-state index in [1.54, 1.807) is 6.20 Å². The van der Waals surface area contributed by atoms with Gasteiger partial charge in [0.25, 0.3) is 5.91 Å². The van der Waals surface area contributed by atoms with Crippen LogP contribution in [0.5, 0.6) is 0 Å². The number of nitrogens with one attached hydrogen (secondary N) is 1. The summed E-state index contributed by atoms with van der Waals surface area (Å²) in [7, 11) is 0. The van der Waals surface area contributed by atoms with Gasteiger partial charge in [-0.3, -0.25) is 9.48 Å². The van der Waals surface area contributed by atoms with Crippen LogP contribution in [-0.4, -0.2) is 15.7 Å². The maximum Gasteiger partial charge on any atom is 0.251 e. The van der Waals surface area contributed by atoms with E-state index in [-0.39, 0.29) is 5.91 Å². The van der Waals surface area contributed by atoms with E-state index in [0.717, 1.165) is 22.3 Å². The molecule has 0 radical (unpaired) electrons. The molecule has 0 aliphatic heterocycles. The van der Waals surface area contributed by atoms with Gasteiger partial charge in [0.15, 0.2) is 0 Å². The van der Waals surface area contributed by atoms with Crippen molar-refractivity contribution in [2.75, 3.05) is 0 Å². The van der Waals surface area contributed by atoms with E-state index < -0.39 is 0 Å². The molecule has 0 aliphatic carbocycles. The minimum absolute atomic E-state index is 0.0445. The summed E-state index contributed by atoms with van der Waals surface area (Å²) in [5.41, 5.74) is 3.96. The van der Waals surface area contributed by atoms with Gasteiger partial charge < -0.3 is 5.32 Å². The molecule has 116 valence electrons. The molecule has 0 bridgehead atoms. The molecule has 1 N–H and O–H groups in total. The molecular formula is C19H19N3O. The lowest BCUT2D eigenvalue weighted by molar-refractivity contribution is 0.0950. The van der Waals surface area contributed by atoms with Gasteiger partial charge in [0, 0.05) is 24.5 Å². The first-order valence-corrected chi connectivity index (χ1v) is 7.62. The van der Waals surface area contributed by atoms with Crippen molar-refractivity contribution >= 4 is 5.91 Å². The third-order valence-electron chi connectivity index (χ3n) is 3.84. The van der Waals surface area contributed by atoms with E-state index in [9.17, 15) is 4.79 Å². The molecule has 0 aliphatic rings. The SMILES string of the molecule is Cc1ccccc1C(=O)NCc1ccccc1Cn1cccn1. The lowest BCUT2D eigenvalue weighted by Crippen LogP contribution is -2.24. The summed E-state index contributed by atoms with van der Waals surface area (Å²) >= 11 is 0. The summed E-state index contributed by atoms with van der Waals surface area (Å²) in [5, 5.41) is 7.24. The van der Waals surface area contributed by atoms with Crippen molar-refractivity contribution in [2.24, 2.45) is 0 Å². The van der Waals surface area contributed by atoms with Crippen LogP contribution >= 0.6 is 0 Å². The Morgan fingerprint density at radius 1 is 1.04 bits per heavy atom. The largest absolute Gasteiger partial charge is 0.348 e. The van der Waals surface area contributed by atoms with Crippen molar-refractivity contribution in [3.05, 3.63) is 89.2 Å². The normalized spacial score (nSPS) is 10.5. The second-order valence-corrected chi connectivity index (χ2v) is 5.47. The lowest BCUT2D eigenvalue weighted by atomic mass is 10.1. The third kappa shape index (κ3) is 3.66. The third-order valence-corrected chi connectivity index (χ3v) is 3.84. The lowest BCUT2D eigenvalue weighted by Gasteiger charge is -2.12. The van der Waals surface area contributed by atoms with Crippen molar-refractivity contribution in [1.29, 1.82) is 0 Å². The molecule has 0 saturated heterocycles. The molecular weight excluding hydrogens is 286 g/mol. The van der Waals surface area contributed by atoms with Gasteiger partial charge in [-0.15, -0.1) is 0 Å². The second-order valence-electron chi connectivity index (χ2n) is 5.47. The van der Waals surface area contributed by atoms with Crippen LogP contribution in [0.1, 0.15) is 27.0 Å². The second kappa shape index (κ2) is 6.92. The predicted molar refractivity (Wildman–Crippen MR) is 90.1 cm³/mol. The van der Waals surface area contributed by atoms with Crippen LogP contribution in [-0.2, 0) is 13.1 Å². The van der Waals surface area contributed by atoms with Gasteiger partial charge in [0.05, 0.1) is 6.54 Å². The van der Waals surface area contributed by atoms with Gasteiger partial charge >= 0.3 is 0 Å². The zero-order chi connectivity index (χ0) is 16.1. The summed E-state index contributed by atoms with van der Waals surface area (Å²) < 4.78 is 1.88. The fourth-order valence-electron chi connectivity index (χ4n) is 2.55. The Hall–Kier alpha value is -2.88. The Morgan fingerprint density at radius 3 is 2.52 bits per heavy atom. The Bertz CT molecular complexity index is 794. The Morgan fingerprint density at radius 2 is 1.78 bits per heavy atom. The van der Waals surface area contributed by atoms with Crippen LogP contribution in [0.3, 0.4) is 0 Å². The van der Waals surface area contributed by atoms with Crippen LogP contribution in [0.4, 0.5) is 0 Å². The molecule has 0 spiro atoms. The molecule has 4 heteroatoms. The van der Waals surface area contributed by atoms with Gasteiger partial charge in [-0.2, -0.15) is 5.10 Å². The standard InChI is InChI=1S/C19H19N3O/c1-15-7-2-5-10-18(15)19(23)20-13-16-8-3-4-9-17(16)14-22-12-6-11-21-22/h2-12H,13-14H2,1H3,(H,20,23). The minimum atomic E-state index is -0.0445. The molecule has 1 heterocycles. The molecule has 4 nitrogen and oxygen atoms in total. The molecule has 23 heavy (non-hydrogen) atoms. The maximum atomic E-state index is 12.3. The summed E-state index contributed by atoms with van der Waals surface area (Å²) in [4.78, 5) is 12.3. The number of hydrogen-bond acceptors (Lipinski definition) is 2. The van der Waals surface area contributed by atoms with Gasteiger partial charge in [-0.05, 0) is 35.7 Å². The molecule has 0 fully saturated rings. The van der Waals surface area contributed by atoms with Crippen molar-refractivity contribution in [3.63, 3.8) is 0 Å². The molecule has 0 unspecified atom stereocenters. The smallest absolute Gasteiger partial charge is 0.251 e. The van der Waals surface area contributed by atoms with Crippen molar-refractivity contribution in [1.82, 2.24) is 15.1 Å². The Balaban J connectivity index is 1.71. The molecule has 0 atom stereocenters. The van der Waals surface area contributed by atoms with E-state index >= 15 is 0 Å². The number of hydrogen-bond donors (Lipinski definition) is 1. The van der Waals surface area contributed by atoms with E-state index in [0.29, 0.717) is 13.1 Å². The fourth-order valence-corrected chi connectivity index (χ4v) is 2.55. The zero-order valence-corrected chi connectivity index (χ0v) is 13.1. The average molecular weight is 305 g/mol.